The van der Waals surface area contributed by atoms with Crippen LogP contribution < -0.4 is 19.7 Å². The summed E-state index contributed by atoms with van der Waals surface area (Å²) in [5.41, 5.74) is 2.35. The van der Waals surface area contributed by atoms with Crippen molar-refractivity contribution in [2.24, 2.45) is 5.92 Å². The zero-order valence-corrected chi connectivity index (χ0v) is 18.7. The number of likely N-dealkylation sites (tertiary alicyclic amines) is 1. The van der Waals surface area contributed by atoms with Gasteiger partial charge in [0.25, 0.3) is 0 Å². The first-order valence-electron chi connectivity index (χ1n) is 12.0. The van der Waals surface area contributed by atoms with Crippen molar-refractivity contribution in [1.82, 2.24) is 10.2 Å². The topological polar surface area (TPSA) is 54.0 Å². The zero-order chi connectivity index (χ0) is 21.8. The van der Waals surface area contributed by atoms with Crippen molar-refractivity contribution >= 4 is 11.7 Å². The summed E-state index contributed by atoms with van der Waals surface area (Å²) in [5, 5.41) is 3.16. The zero-order valence-electron chi connectivity index (χ0n) is 18.7. The number of nitrogens with zero attached hydrogens (tertiary/aromatic N) is 2. The first kappa shape index (κ1) is 21.1. The van der Waals surface area contributed by atoms with Crippen molar-refractivity contribution in [3.63, 3.8) is 0 Å². The molecule has 6 nitrogen and oxygen atoms in total. The van der Waals surface area contributed by atoms with Gasteiger partial charge in [-0.1, -0.05) is 30.3 Å². The lowest BCUT2D eigenvalue weighted by Gasteiger charge is -2.35. The molecule has 5 rings (SSSR count). The molecule has 0 aliphatic carbocycles. The lowest BCUT2D eigenvalue weighted by Crippen LogP contribution is -2.45. The highest BCUT2D eigenvalue weighted by Gasteiger charge is 2.26. The van der Waals surface area contributed by atoms with Crippen LogP contribution in [-0.4, -0.2) is 56.4 Å². The number of hydrogen-bond donors (Lipinski definition) is 1. The normalized spacial score (nSPS) is 21.1. The predicted molar refractivity (Wildman–Crippen MR) is 126 cm³/mol. The van der Waals surface area contributed by atoms with Gasteiger partial charge in [-0.25, -0.2) is 4.79 Å². The Morgan fingerprint density at radius 1 is 1.00 bits per heavy atom. The Hall–Kier alpha value is -2.73. The van der Waals surface area contributed by atoms with E-state index in [4.69, 9.17) is 9.47 Å². The van der Waals surface area contributed by atoms with E-state index in [2.05, 4.69) is 28.4 Å². The summed E-state index contributed by atoms with van der Waals surface area (Å²) in [4.78, 5) is 17.1. The SMILES string of the molecule is O=C(NCCC1CCN(CC2COc3ccccc3O2)CC1)N1CCCc2ccccc21. The molecular weight excluding hydrogens is 402 g/mol. The molecule has 32 heavy (non-hydrogen) atoms. The number of ether oxygens (including phenoxy) is 2. The van der Waals surface area contributed by atoms with Gasteiger partial charge in [0.05, 0.1) is 0 Å². The summed E-state index contributed by atoms with van der Waals surface area (Å²) in [6, 6.07) is 16.2. The Labute approximate surface area is 190 Å². The first-order valence-corrected chi connectivity index (χ1v) is 12.0. The van der Waals surface area contributed by atoms with Crippen LogP contribution in [0.4, 0.5) is 10.5 Å². The van der Waals surface area contributed by atoms with Gasteiger partial charge in [0.2, 0.25) is 0 Å². The molecule has 6 heteroatoms. The summed E-state index contributed by atoms with van der Waals surface area (Å²) in [5.74, 6) is 2.37. The van der Waals surface area contributed by atoms with Gasteiger partial charge in [-0.3, -0.25) is 9.80 Å². The summed E-state index contributed by atoms with van der Waals surface area (Å²) < 4.78 is 12.0. The molecule has 0 spiro atoms. The number of piperidine rings is 1. The van der Waals surface area contributed by atoms with E-state index < -0.39 is 0 Å². The standard InChI is InChI=1S/C26H33N3O3/c30-26(29-15-5-7-21-6-1-2-8-23(21)29)27-14-11-20-12-16-28(17-13-20)18-22-19-31-24-9-3-4-10-25(24)32-22/h1-4,6,8-10,20,22H,5,7,11-19H2,(H,27,30). The molecule has 170 valence electrons. The number of nitrogens with one attached hydrogen (secondary N) is 1. The van der Waals surface area contributed by atoms with E-state index in [-0.39, 0.29) is 12.1 Å². The van der Waals surface area contributed by atoms with Gasteiger partial charge in [-0.15, -0.1) is 0 Å². The minimum absolute atomic E-state index is 0.0457. The van der Waals surface area contributed by atoms with Crippen LogP contribution in [0.2, 0.25) is 0 Å². The molecule has 1 atom stereocenters. The lowest BCUT2D eigenvalue weighted by molar-refractivity contribution is 0.0473. The third kappa shape index (κ3) is 4.85. The van der Waals surface area contributed by atoms with Crippen molar-refractivity contribution in [3.05, 3.63) is 54.1 Å². The third-order valence-corrected chi connectivity index (χ3v) is 6.92. The quantitative estimate of drug-likeness (QED) is 0.769. The highest BCUT2D eigenvalue weighted by molar-refractivity contribution is 5.93. The summed E-state index contributed by atoms with van der Waals surface area (Å²) in [6.07, 6.45) is 5.57. The van der Waals surface area contributed by atoms with Crippen LogP contribution in [-0.2, 0) is 6.42 Å². The largest absolute Gasteiger partial charge is 0.486 e. The van der Waals surface area contributed by atoms with Gasteiger partial charge in [-0.05, 0) is 74.9 Å². The minimum atomic E-state index is 0.0457. The molecule has 1 fully saturated rings. The predicted octanol–water partition coefficient (Wildman–Crippen LogP) is 4.09. The number of urea groups is 1. The van der Waals surface area contributed by atoms with E-state index in [0.717, 1.165) is 69.2 Å². The van der Waals surface area contributed by atoms with Crippen LogP contribution in [0.15, 0.2) is 48.5 Å². The number of hydrogen-bond acceptors (Lipinski definition) is 4. The number of rotatable bonds is 5. The number of benzene rings is 2. The number of fused-ring (bicyclic) bond motifs is 2. The van der Waals surface area contributed by atoms with Gasteiger partial charge in [0.1, 0.15) is 12.7 Å². The van der Waals surface area contributed by atoms with E-state index in [9.17, 15) is 4.79 Å². The van der Waals surface area contributed by atoms with Crippen molar-refractivity contribution in [1.29, 1.82) is 0 Å². The molecule has 2 amide bonds. The van der Waals surface area contributed by atoms with Gasteiger partial charge < -0.3 is 14.8 Å². The fourth-order valence-electron chi connectivity index (χ4n) is 5.12. The van der Waals surface area contributed by atoms with Gasteiger partial charge >= 0.3 is 6.03 Å². The van der Waals surface area contributed by atoms with Crippen LogP contribution in [0, 0.1) is 5.92 Å². The molecule has 0 saturated carbocycles. The number of aryl methyl sites for hydroxylation is 1. The second kappa shape index (κ2) is 9.82. The average Bonchev–Trinajstić information content (AvgIpc) is 2.84. The van der Waals surface area contributed by atoms with Crippen molar-refractivity contribution in [2.45, 2.75) is 38.2 Å². The number of para-hydroxylation sites is 3. The number of amides is 2. The smallest absolute Gasteiger partial charge is 0.321 e. The maximum absolute atomic E-state index is 12.7. The van der Waals surface area contributed by atoms with Gasteiger partial charge in [0, 0.05) is 25.3 Å². The second-order valence-corrected chi connectivity index (χ2v) is 9.15. The maximum Gasteiger partial charge on any atom is 0.321 e. The molecule has 3 heterocycles. The highest BCUT2D eigenvalue weighted by Crippen LogP contribution is 2.31. The molecular formula is C26H33N3O3. The molecule has 3 aliphatic heterocycles. The molecule has 1 unspecified atom stereocenters. The van der Waals surface area contributed by atoms with Crippen LogP contribution in [0.1, 0.15) is 31.2 Å². The third-order valence-electron chi connectivity index (χ3n) is 6.92. The van der Waals surface area contributed by atoms with Crippen molar-refractivity contribution in [2.75, 3.05) is 44.2 Å². The maximum atomic E-state index is 12.7. The first-order chi connectivity index (χ1) is 15.8. The van der Waals surface area contributed by atoms with Crippen molar-refractivity contribution in [3.8, 4) is 11.5 Å². The van der Waals surface area contributed by atoms with E-state index in [0.29, 0.717) is 12.5 Å². The average molecular weight is 436 g/mol. The molecule has 1 saturated heterocycles. The molecule has 0 aromatic heterocycles. The van der Waals surface area contributed by atoms with E-state index in [1.54, 1.807) is 0 Å². The number of carbonyl (C=O) groups excluding carboxylic acids is 1. The monoisotopic (exact) mass is 435 g/mol. The molecule has 0 bridgehead atoms. The molecule has 1 N–H and O–H groups in total. The van der Waals surface area contributed by atoms with Gasteiger partial charge in [-0.2, -0.15) is 0 Å². The second-order valence-electron chi connectivity index (χ2n) is 9.15. The van der Waals surface area contributed by atoms with E-state index >= 15 is 0 Å². The fourth-order valence-corrected chi connectivity index (χ4v) is 5.12. The highest BCUT2D eigenvalue weighted by atomic mass is 16.6. The minimum Gasteiger partial charge on any atom is -0.486 e. The van der Waals surface area contributed by atoms with Crippen LogP contribution in [0.25, 0.3) is 0 Å². The summed E-state index contributed by atoms with van der Waals surface area (Å²) in [7, 11) is 0. The fraction of sp³-hybridized carbons (Fsp3) is 0.500. The van der Waals surface area contributed by atoms with Gasteiger partial charge in [0.15, 0.2) is 11.5 Å². The summed E-state index contributed by atoms with van der Waals surface area (Å²) >= 11 is 0. The molecule has 2 aromatic carbocycles. The molecule has 2 aromatic rings. The summed E-state index contributed by atoms with van der Waals surface area (Å²) in [6.45, 7) is 5.24. The molecule has 3 aliphatic rings. The molecule has 0 radical (unpaired) electrons. The Morgan fingerprint density at radius 2 is 1.78 bits per heavy atom. The number of carbonyl (C=O) groups is 1. The van der Waals surface area contributed by atoms with Crippen molar-refractivity contribution < 1.29 is 14.3 Å². The van der Waals surface area contributed by atoms with Crippen LogP contribution in [0.3, 0.4) is 0 Å². The Bertz CT molecular complexity index is 926. The van der Waals surface area contributed by atoms with Crippen LogP contribution in [0.5, 0.6) is 11.5 Å². The number of anilines is 1. The van der Waals surface area contributed by atoms with Crippen LogP contribution >= 0.6 is 0 Å². The lowest BCUT2D eigenvalue weighted by atomic mass is 9.93. The Kier molecular flexibility index (Phi) is 6.49. The van der Waals surface area contributed by atoms with E-state index in [1.165, 1.54) is 18.4 Å². The Morgan fingerprint density at radius 3 is 2.66 bits per heavy atom. The Balaban J connectivity index is 1.02. The van der Waals surface area contributed by atoms with E-state index in [1.807, 2.05) is 35.2 Å².